The summed E-state index contributed by atoms with van der Waals surface area (Å²) in [6.45, 7) is 4.56. The van der Waals surface area contributed by atoms with Gasteiger partial charge in [0.1, 0.15) is 12.3 Å². The van der Waals surface area contributed by atoms with Crippen molar-refractivity contribution >= 4 is 23.8 Å². The van der Waals surface area contributed by atoms with E-state index >= 15 is 0 Å². The number of amides is 2. The Morgan fingerprint density at radius 3 is 2.40 bits per heavy atom. The lowest BCUT2D eigenvalue weighted by atomic mass is 10.2. The summed E-state index contributed by atoms with van der Waals surface area (Å²) in [6, 6.07) is 8.04. The van der Waals surface area contributed by atoms with Crippen LogP contribution < -0.4 is 10.1 Å². The van der Waals surface area contributed by atoms with E-state index < -0.39 is 30.4 Å². The molecule has 0 unspecified atom stereocenters. The fourth-order valence-corrected chi connectivity index (χ4v) is 2.84. The molecule has 0 aliphatic carbocycles. The maximum absolute atomic E-state index is 12.2. The molecule has 9 nitrogen and oxygen atoms in total. The zero-order valence-corrected chi connectivity index (χ0v) is 17.3. The van der Waals surface area contributed by atoms with Gasteiger partial charge in [-0.05, 0) is 39.0 Å². The average molecular weight is 416 g/mol. The van der Waals surface area contributed by atoms with E-state index in [2.05, 4.69) is 5.32 Å². The van der Waals surface area contributed by atoms with Gasteiger partial charge in [-0.1, -0.05) is 12.1 Å². The van der Waals surface area contributed by atoms with Gasteiger partial charge in [0, 0.05) is 11.4 Å². The Balaban J connectivity index is 1.93. The molecule has 30 heavy (non-hydrogen) atoms. The van der Waals surface area contributed by atoms with Gasteiger partial charge in [0.05, 0.1) is 24.8 Å². The molecule has 2 aromatic rings. The third kappa shape index (κ3) is 5.47. The Hall–Kier alpha value is -3.62. The number of hydrogen-bond acceptors (Lipinski definition) is 7. The van der Waals surface area contributed by atoms with Crippen molar-refractivity contribution in [3.63, 3.8) is 0 Å². The molecule has 2 amide bonds. The van der Waals surface area contributed by atoms with Crippen LogP contribution in [-0.4, -0.2) is 48.6 Å². The number of rotatable bonds is 8. The van der Waals surface area contributed by atoms with Crippen LogP contribution in [-0.2, 0) is 25.6 Å². The molecular weight excluding hydrogens is 392 g/mol. The SMILES string of the molecule is CCOC(=O)c1cc(C)n(CC(=O)OCC(=O)NC(=O)c2ccccc2OC)c1C. The number of benzene rings is 1. The van der Waals surface area contributed by atoms with Crippen LogP contribution in [0.5, 0.6) is 5.75 Å². The molecular formula is C21H24N2O7. The number of para-hydroxylation sites is 1. The predicted octanol–water partition coefficient (Wildman–Crippen LogP) is 1.79. The first-order valence-corrected chi connectivity index (χ1v) is 9.25. The number of carbonyl (C=O) groups excluding carboxylic acids is 4. The van der Waals surface area contributed by atoms with Gasteiger partial charge in [-0.15, -0.1) is 0 Å². The molecule has 1 heterocycles. The first-order valence-electron chi connectivity index (χ1n) is 9.25. The van der Waals surface area contributed by atoms with Crippen LogP contribution in [0.25, 0.3) is 0 Å². The van der Waals surface area contributed by atoms with Crippen molar-refractivity contribution in [2.75, 3.05) is 20.3 Å². The summed E-state index contributed by atoms with van der Waals surface area (Å²) >= 11 is 0. The maximum atomic E-state index is 12.2. The molecule has 1 aromatic carbocycles. The minimum absolute atomic E-state index is 0.185. The Morgan fingerprint density at radius 1 is 1.03 bits per heavy atom. The fraction of sp³-hybridized carbons (Fsp3) is 0.333. The molecule has 0 atom stereocenters. The number of esters is 2. The third-order valence-corrected chi connectivity index (χ3v) is 4.33. The number of hydrogen-bond donors (Lipinski definition) is 1. The maximum Gasteiger partial charge on any atom is 0.339 e. The second-order valence-corrected chi connectivity index (χ2v) is 6.33. The van der Waals surface area contributed by atoms with Crippen molar-refractivity contribution in [2.24, 2.45) is 0 Å². The number of aromatic nitrogens is 1. The first kappa shape index (κ1) is 22.7. The molecule has 1 aromatic heterocycles. The van der Waals surface area contributed by atoms with Gasteiger partial charge in [0.15, 0.2) is 6.61 Å². The van der Waals surface area contributed by atoms with Gasteiger partial charge >= 0.3 is 11.9 Å². The quantitative estimate of drug-likeness (QED) is 0.653. The Morgan fingerprint density at radius 2 is 1.73 bits per heavy atom. The van der Waals surface area contributed by atoms with E-state index in [4.69, 9.17) is 14.2 Å². The number of nitrogens with zero attached hydrogens (tertiary/aromatic N) is 1. The highest BCUT2D eigenvalue weighted by molar-refractivity contribution is 6.06. The lowest BCUT2D eigenvalue weighted by Gasteiger charge is -2.11. The number of imide groups is 1. The summed E-state index contributed by atoms with van der Waals surface area (Å²) in [7, 11) is 1.41. The third-order valence-electron chi connectivity index (χ3n) is 4.33. The highest BCUT2D eigenvalue weighted by Crippen LogP contribution is 2.17. The molecule has 0 bridgehead atoms. The molecule has 0 saturated heterocycles. The van der Waals surface area contributed by atoms with Crippen LogP contribution in [0.1, 0.15) is 39.0 Å². The molecule has 0 radical (unpaired) electrons. The molecule has 0 aliphatic rings. The van der Waals surface area contributed by atoms with Crippen LogP contribution in [0.2, 0.25) is 0 Å². The zero-order chi connectivity index (χ0) is 22.3. The number of ether oxygens (including phenoxy) is 3. The summed E-state index contributed by atoms with van der Waals surface area (Å²) < 4.78 is 16.6. The molecule has 0 spiro atoms. The second-order valence-electron chi connectivity index (χ2n) is 6.33. The smallest absolute Gasteiger partial charge is 0.339 e. The molecule has 1 N–H and O–H groups in total. The Labute approximate surface area is 173 Å². The van der Waals surface area contributed by atoms with Crippen molar-refractivity contribution in [1.82, 2.24) is 9.88 Å². The van der Waals surface area contributed by atoms with Gasteiger partial charge in [-0.2, -0.15) is 0 Å². The van der Waals surface area contributed by atoms with Crippen LogP contribution in [0.3, 0.4) is 0 Å². The number of carbonyl (C=O) groups is 4. The number of aryl methyl sites for hydroxylation is 1. The highest BCUT2D eigenvalue weighted by Gasteiger charge is 2.20. The average Bonchev–Trinajstić information content (AvgIpc) is 3.00. The summed E-state index contributed by atoms with van der Waals surface area (Å²) in [5, 5.41) is 2.14. The summed E-state index contributed by atoms with van der Waals surface area (Å²) in [6.07, 6.45) is 0. The normalized spacial score (nSPS) is 10.3. The van der Waals surface area contributed by atoms with E-state index in [1.54, 1.807) is 49.6 Å². The number of nitrogens with one attached hydrogen (secondary N) is 1. The van der Waals surface area contributed by atoms with Crippen molar-refractivity contribution in [1.29, 1.82) is 0 Å². The predicted molar refractivity (Wildman–Crippen MR) is 106 cm³/mol. The second kappa shape index (κ2) is 10.2. The van der Waals surface area contributed by atoms with E-state index in [0.717, 1.165) is 0 Å². The van der Waals surface area contributed by atoms with Crippen molar-refractivity contribution in [2.45, 2.75) is 27.3 Å². The van der Waals surface area contributed by atoms with Gasteiger partial charge in [0.2, 0.25) is 0 Å². The number of methoxy groups -OCH3 is 1. The first-order chi connectivity index (χ1) is 14.3. The van der Waals surface area contributed by atoms with E-state index in [-0.39, 0.29) is 18.7 Å². The molecule has 0 aliphatic heterocycles. The fourth-order valence-electron chi connectivity index (χ4n) is 2.84. The minimum atomic E-state index is -0.771. The highest BCUT2D eigenvalue weighted by atomic mass is 16.5. The molecule has 0 fully saturated rings. The van der Waals surface area contributed by atoms with Gasteiger partial charge < -0.3 is 18.8 Å². The van der Waals surface area contributed by atoms with Gasteiger partial charge in [-0.3, -0.25) is 19.7 Å². The lowest BCUT2D eigenvalue weighted by molar-refractivity contribution is -0.148. The largest absolute Gasteiger partial charge is 0.496 e. The summed E-state index contributed by atoms with van der Waals surface area (Å²) in [5.41, 5.74) is 1.77. The molecule has 160 valence electrons. The van der Waals surface area contributed by atoms with Crippen LogP contribution in [0.15, 0.2) is 30.3 Å². The van der Waals surface area contributed by atoms with Crippen LogP contribution >= 0.6 is 0 Å². The molecule has 2 rings (SSSR count). The molecule has 0 saturated carbocycles. The van der Waals surface area contributed by atoms with Crippen LogP contribution in [0.4, 0.5) is 0 Å². The van der Waals surface area contributed by atoms with E-state index in [0.29, 0.717) is 22.7 Å². The van der Waals surface area contributed by atoms with E-state index in [9.17, 15) is 19.2 Å². The summed E-state index contributed by atoms with van der Waals surface area (Å²) in [4.78, 5) is 48.2. The Bertz CT molecular complexity index is 962. The lowest BCUT2D eigenvalue weighted by Crippen LogP contribution is -2.34. The topological polar surface area (TPSA) is 113 Å². The van der Waals surface area contributed by atoms with Crippen molar-refractivity contribution in [3.05, 3.63) is 52.8 Å². The zero-order valence-electron chi connectivity index (χ0n) is 17.3. The minimum Gasteiger partial charge on any atom is -0.496 e. The van der Waals surface area contributed by atoms with Crippen molar-refractivity contribution < 1.29 is 33.4 Å². The monoisotopic (exact) mass is 416 g/mol. The summed E-state index contributed by atoms with van der Waals surface area (Å²) in [5.74, 6) is -2.28. The van der Waals surface area contributed by atoms with Crippen LogP contribution in [0, 0.1) is 13.8 Å². The van der Waals surface area contributed by atoms with Crippen molar-refractivity contribution in [3.8, 4) is 5.75 Å². The van der Waals surface area contributed by atoms with E-state index in [1.165, 1.54) is 13.2 Å². The molecule has 9 heteroatoms. The van der Waals surface area contributed by atoms with E-state index in [1.807, 2.05) is 0 Å². The standard InChI is InChI=1S/C21H24N2O7/c1-5-29-21(27)16-10-13(2)23(14(16)3)11-19(25)30-12-18(24)22-20(26)15-8-6-7-9-17(15)28-4/h6-10H,5,11-12H2,1-4H3,(H,22,24,26). The Kier molecular flexibility index (Phi) is 7.74. The van der Waals surface area contributed by atoms with Gasteiger partial charge in [0.25, 0.3) is 11.8 Å². The van der Waals surface area contributed by atoms with Gasteiger partial charge in [-0.25, -0.2) is 4.79 Å².